The summed E-state index contributed by atoms with van der Waals surface area (Å²) in [5.74, 6) is 0.551. The first-order valence-corrected chi connectivity index (χ1v) is 8.05. The highest BCUT2D eigenvalue weighted by molar-refractivity contribution is 5.78. The van der Waals surface area contributed by atoms with Crippen molar-refractivity contribution in [1.29, 1.82) is 0 Å². The lowest BCUT2D eigenvalue weighted by molar-refractivity contribution is -0.121. The highest BCUT2D eigenvalue weighted by atomic mass is 16.2. The van der Waals surface area contributed by atoms with E-state index in [0.717, 1.165) is 6.42 Å². The number of rotatable bonds is 6. The van der Waals surface area contributed by atoms with Gasteiger partial charge in [0.1, 0.15) is 0 Å². The molecule has 1 fully saturated rings. The minimum Gasteiger partial charge on any atom is -0.355 e. The molecule has 3 N–H and O–H groups in total. The van der Waals surface area contributed by atoms with Gasteiger partial charge in [-0.3, -0.25) is 9.59 Å². The molecule has 0 unspecified atom stereocenters. The summed E-state index contributed by atoms with van der Waals surface area (Å²) in [7, 11) is 0. The third-order valence-corrected chi connectivity index (χ3v) is 4.22. The fourth-order valence-corrected chi connectivity index (χ4v) is 3.14. The number of carbonyl (C=O) groups excluding carboxylic acids is 2. The van der Waals surface area contributed by atoms with E-state index in [0.29, 0.717) is 31.6 Å². The fraction of sp³-hybridized carbons (Fsp3) is 0.875. The fourth-order valence-electron chi connectivity index (χ4n) is 3.14. The van der Waals surface area contributed by atoms with Crippen LogP contribution in [0, 0.1) is 11.3 Å². The average Bonchev–Trinajstić information content (AvgIpc) is 2.40. The third-order valence-electron chi connectivity index (χ3n) is 4.22. The first-order chi connectivity index (χ1) is 9.80. The van der Waals surface area contributed by atoms with Gasteiger partial charge in [0.05, 0.1) is 6.54 Å². The van der Waals surface area contributed by atoms with Gasteiger partial charge in [0.15, 0.2) is 0 Å². The number of hydrogen-bond donors (Lipinski definition) is 3. The zero-order valence-electron chi connectivity index (χ0n) is 13.9. The van der Waals surface area contributed by atoms with Crippen LogP contribution in [0.1, 0.15) is 53.4 Å². The van der Waals surface area contributed by atoms with Crippen LogP contribution in [0.3, 0.4) is 0 Å². The molecular weight excluding hydrogens is 266 g/mol. The molecule has 5 nitrogen and oxygen atoms in total. The lowest BCUT2D eigenvalue weighted by Crippen LogP contribution is -2.48. The quantitative estimate of drug-likeness (QED) is 0.650. The SMILES string of the molecule is CC(=O)NCCNC(=O)CN[C@H]1CCCC[C@@H]1C(C)(C)C. The molecule has 2 amide bonds. The predicted octanol–water partition coefficient (Wildman–Crippen LogP) is 1.43. The molecule has 0 heterocycles. The first-order valence-electron chi connectivity index (χ1n) is 8.05. The number of hydrogen-bond acceptors (Lipinski definition) is 3. The lowest BCUT2D eigenvalue weighted by atomic mass is 9.69. The van der Waals surface area contributed by atoms with Gasteiger partial charge in [-0.2, -0.15) is 0 Å². The van der Waals surface area contributed by atoms with E-state index in [1.165, 1.54) is 26.2 Å². The molecule has 0 bridgehead atoms. The molecule has 0 aliphatic heterocycles. The molecule has 1 aliphatic carbocycles. The predicted molar refractivity (Wildman–Crippen MR) is 84.9 cm³/mol. The smallest absolute Gasteiger partial charge is 0.234 e. The molecule has 21 heavy (non-hydrogen) atoms. The van der Waals surface area contributed by atoms with Gasteiger partial charge in [0.25, 0.3) is 0 Å². The van der Waals surface area contributed by atoms with E-state index < -0.39 is 0 Å². The summed E-state index contributed by atoms with van der Waals surface area (Å²) in [5, 5.41) is 8.90. The minimum atomic E-state index is -0.0717. The van der Waals surface area contributed by atoms with Crippen LogP contribution in [-0.2, 0) is 9.59 Å². The zero-order chi connectivity index (χ0) is 15.9. The maximum atomic E-state index is 11.8. The molecule has 122 valence electrons. The molecule has 0 radical (unpaired) electrons. The average molecular weight is 297 g/mol. The monoisotopic (exact) mass is 297 g/mol. The van der Waals surface area contributed by atoms with Crippen molar-refractivity contribution in [3.63, 3.8) is 0 Å². The van der Waals surface area contributed by atoms with Gasteiger partial charge in [-0.1, -0.05) is 33.6 Å². The van der Waals surface area contributed by atoms with E-state index in [-0.39, 0.29) is 17.2 Å². The van der Waals surface area contributed by atoms with Crippen molar-refractivity contribution >= 4 is 11.8 Å². The molecular formula is C16H31N3O2. The maximum absolute atomic E-state index is 11.8. The van der Waals surface area contributed by atoms with Crippen LogP contribution in [0.4, 0.5) is 0 Å². The minimum absolute atomic E-state index is 0.00131. The van der Waals surface area contributed by atoms with Crippen LogP contribution in [0.15, 0.2) is 0 Å². The summed E-state index contributed by atoms with van der Waals surface area (Å²) < 4.78 is 0. The van der Waals surface area contributed by atoms with Gasteiger partial charge < -0.3 is 16.0 Å². The van der Waals surface area contributed by atoms with Crippen LogP contribution in [0.2, 0.25) is 0 Å². The Labute approximate surface area is 128 Å². The Morgan fingerprint density at radius 3 is 2.29 bits per heavy atom. The van der Waals surface area contributed by atoms with Crippen molar-refractivity contribution in [3.8, 4) is 0 Å². The summed E-state index contributed by atoms with van der Waals surface area (Å²) in [6.45, 7) is 9.64. The molecule has 0 spiro atoms. The Morgan fingerprint density at radius 1 is 1.05 bits per heavy atom. The summed E-state index contributed by atoms with van der Waals surface area (Å²) in [5.41, 5.74) is 0.278. The lowest BCUT2D eigenvalue weighted by Gasteiger charge is -2.40. The molecule has 1 saturated carbocycles. The van der Waals surface area contributed by atoms with Gasteiger partial charge in [0, 0.05) is 26.1 Å². The second kappa shape index (κ2) is 8.37. The van der Waals surface area contributed by atoms with Crippen molar-refractivity contribution < 1.29 is 9.59 Å². The zero-order valence-corrected chi connectivity index (χ0v) is 13.9. The molecule has 0 saturated heterocycles. The molecule has 2 atom stereocenters. The Hall–Kier alpha value is -1.10. The van der Waals surface area contributed by atoms with E-state index in [9.17, 15) is 9.59 Å². The Kier molecular flexibility index (Phi) is 7.15. The van der Waals surface area contributed by atoms with Crippen LogP contribution in [0.5, 0.6) is 0 Å². The molecule has 1 rings (SSSR count). The number of carbonyl (C=O) groups is 2. The van der Waals surface area contributed by atoms with E-state index in [1.807, 2.05) is 0 Å². The summed E-state index contributed by atoms with van der Waals surface area (Å²) in [4.78, 5) is 22.5. The van der Waals surface area contributed by atoms with Crippen LogP contribution in [0.25, 0.3) is 0 Å². The van der Waals surface area contributed by atoms with E-state index in [2.05, 4.69) is 36.7 Å². The topological polar surface area (TPSA) is 70.2 Å². The second-order valence-corrected chi connectivity index (χ2v) is 7.08. The van der Waals surface area contributed by atoms with Crippen LogP contribution < -0.4 is 16.0 Å². The Bertz CT molecular complexity index is 350. The summed E-state index contributed by atoms with van der Waals surface area (Å²) in [6.07, 6.45) is 4.93. The van der Waals surface area contributed by atoms with Gasteiger partial charge in [-0.15, -0.1) is 0 Å². The normalized spacial score (nSPS) is 22.7. The van der Waals surface area contributed by atoms with Crippen LogP contribution in [-0.4, -0.2) is 37.5 Å². The Balaban J connectivity index is 2.28. The van der Waals surface area contributed by atoms with Gasteiger partial charge >= 0.3 is 0 Å². The second-order valence-electron chi connectivity index (χ2n) is 7.08. The van der Waals surface area contributed by atoms with Crippen molar-refractivity contribution in [2.24, 2.45) is 11.3 Å². The van der Waals surface area contributed by atoms with Gasteiger partial charge in [-0.05, 0) is 24.2 Å². The number of amides is 2. The van der Waals surface area contributed by atoms with E-state index in [4.69, 9.17) is 0 Å². The van der Waals surface area contributed by atoms with E-state index >= 15 is 0 Å². The van der Waals surface area contributed by atoms with Crippen LogP contribution >= 0.6 is 0 Å². The Morgan fingerprint density at radius 2 is 1.67 bits per heavy atom. The van der Waals surface area contributed by atoms with Crippen molar-refractivity contribution in [2.45, 2.75) is 59.4 Å². The summed E-state index contributed by atoms with van der Waals surface area (Å²) >= 11 is 0. The first kappa shape index (κ1) is 18.0. The van der Waals surface area contributed by atoms with Gasteiger partial charge in [0.2, 0.25) is 11.8 Å². The summed E-state index contributed by atoms with van der Waals surface area (Å²) in [6, 6.07) is 0.430. The maximum Gasteiger partial charge on any atom is 0.234 e. The van der Waals surface area contributed by atoms with Crippen molar-refractivity contribution in [2.75, 3.05) is 19.6 Å². The highest BCUT2D eigenvalue weighted by Crippen LogP contribution is 2.37. The third kappa shape index (κ3) is 6.93. The van der Waals surface area contributed by atoms with E-state index in [1.54, 1.807) is 0 Å². The number of nitrogens with one attached hydrogen (secondary N) is 3. The molecule has 1 aliphatic rings. The van der Waals surface area contributed by atoms with Crippen molar-refractivity contribution in [3.05, 3.63) is 0 Å². The largest absolute Gasteiger partial charge is 0.355 e. The molecule has 5 heteroatoms. The molecule has 0 aromatic heterocycles. The highest BCUT2D eigenvalue weighted by Gasteiger charge is 2.33. The molecule has 0 aromatic rings. The standard InChI is InChI=1S/C16H31N3O2/c1-12(20)17-9-10-18-15(21)11-19-14-8-6-5-7-13(14)16(2,3)4/h13-14,19H,5-11H2,1-4H3,(H,17,20)(H,18,21)/t13-,14-/m0/s1. The molecule has 0 aromatic carbocycles. The van der Waals surface area contributed by atoms with Crippen molar-refractivity contribution in [1.82, 2.24) is 16.0 Å². The van der Waals surface area contributed by atoms with Gasteiger partial charge in [-0.25, -0.2) is 0 Å².